The molecule has 0 aliphatic heterocycles. The van der Waals surface area contributed by atoms with Gasteiger partial charge in [0.05, 0.1) is 0 Å². The molecule has 0 aliphatic rings. The molecule has 26 heavy (non-hydrogen) atoms. The second-order valence-electron chi connectivity index (χ2n) is 7.84. The van der Waals surface area contributed by atoms with E-state index in [1.807, 2.05) is 0 Å². The molecule has 0 radical (unpaired) electrons. The van der Waals surface area contributed by atoms with Gasteiger partial charge in [0, 0.05) is 0 Å². The van der Waals surface area contributed by atoms with Crippen LogP contribution in [0.4, 0.5) is 0 Å². The molecule has 0 spiro atoms. The quantitative estimate of drug-likeness (QED) is 0.593. The summed E-state index contributed by atoms with van der Waals surface area (Å²) in [5.74, 6) is 0. The summed E-state index contributed by atoms with van der Waals surface area (Å²) in [5.41, 5.74) is 8.54. The molecular formula is C25H28O. The Labute approximate surface area is 157 Å². The largest absolute Gasteiger partial charge is 0.376 e. The Kier molecular flexibility index (Phi) is 4.77. The summed E-state index contributed by atoms with van der Waals surface area (Å²) < 4.78 is 0. The van der Waals surface area contributed by atoms with E-state index in [1.54, 1.807) is 0 Å². The zero-order valence-electron chi connectivity index (χ0n) is 16.6. The highest BCUT2D eigenvalue weighted by Gasteiger charge is 2.35. The summed E-state index contributed by atoms with van der Waals surface area (Å²) in [5, 5.41) is 12.2. The van der Waals surface area contributed by atoms with Crippen LogP contribution in [0.5, 0.6) is 0 Å². The minimum atomic E-state index is -1.18. The van der Waals surface area contributed by atoms with Crippen molar-refractivity contribution < 1.29 is 5.11 Å². The standard InChI is InChI=1S/C25H28O/c1-16-7-17(2)11-22(10-16)25(26,23-12-18(3)8-19(4)13-23)24-14-20(5)9-21(6)15-24/h7-15,26H,1-6H3. The second kappa shape index (κ2) is 6.74. The number of hydrogen-bond acceptors (Lipinski definition) is 1. The Hall–Kier alpha value is -2.38. The summed E-state index contributed by atoms with van der Waals surface area (Å²) in [6.45, 7) is 12.5. The second-order valence-corrected chi connectivity index (χ2v) is 7.84. The lowest BCUT2D eigenvalue weighted by atomic mass is 9.77. The number of aryl methyl sites for hydroxylation is 6. The van der Waals surface area contributed by atoms with Gasteiger partial charge in [-0.2, -0.15) is 0 Å². The SMILES string of the molecule is Cc1cc(C)cc(C(O)(c2cc(C)cc(C)c2)c2cc(C)cc(C)c2)c1. The van der Waals surface area contributed by atoms with E-state index in [9.17, 15) is 5.11 Å². The van der Waals surface area contributed by atoms with Gasteiger partial charge in [-0.25, -0.2) is 0 Å². The third-order valence-corrected chi connectivity index (χ3v) is 4.92. The monoisotopic (exact) mass is 344 g/mol. The van der Waals surface area contributed by atoms with E-state index in [0.29, 0.717) is 0 Å². The third-order valence-electron chi connectivity index (χ3n) is 4.92. The topological polar surface area (TPSA) is 20.2 Å². The third kappa shape index (κ3) is 3.45. The Balaban J connectivity index is 2.38. The molecule has 0 fully saturated rings. The van der Waals surface area contributed by atoms with E-state index in [4.69, 9.17) is 0 Å². The van der Waals surface area contributed by atoms with Crippen molar-refractivity contribution in [2.24, 2.45) is 0 Å². The average molecular weight is 344 g/mol. The molecule has 3 rings (SSSR count). The van der Waals surface area contributed by atoms with Gasteiger partial charge in [0.2, 0.25) is 0 Å². The average Bonchev–Trinajstić information content (AvgIpc) is 2.51. The van der Waals surface area contributed by atoms with Crippen molar-refractivity contribution in [2.75, 3.05) is 0 Å². The smallest absolute Gasteiger partial charge is 0.140 e. The highest BCUT2D eigenvalue weighted by atomic mass is 16.3. The van der Waals surface area contributed by atoms with Crippen LogP contribution in [0.1, 0.15) is 50.1 Å². The van der Waals surface area contributed by atoms with E-state index in [2.05, 4.69) is 96.1 Å². The predicted octanol–water partition coefficient (Wildman–Crippen LogP) is 5.82. The lowest BCUT2D eigenvalue weighted by Crippen LogP contribution is -2.29. The zero-order valence-corrected chi connectivity index (χ0v) is 16.6. The van der Waals surface area contributed by atoms with Gasteiger partial charge in [-0.1, -0.05) is 88.0 Å². The molecule has 1 heteroatoms. The molecule has 0 aliphatic carbocycles. The Bertz CT molecular complexity index is 780. The van der Waals surface area contributed by atoms with Crippen LogP contribution in [-0.4, -0.2) is 5.11 Å². The van der Waals surface area contributed by atoms with Gasteiger partial charge in [0.25, 0.3) is 0 Å². The molecule has 0 bridgehead atoms. The minimum absolute atomic E-state index is 0.921. The van der Waals surface area contributed by atoms with Crippen molar-refractivity contribution in [1.29, 1.82) is 0 Å². The highest BCUT2D eigenvalue weighted by molar-refractivity contribution is 5.52. The van der Waals surface area contributed by atoms with E-state index >= 15 is 0 Å². The van der Waals surface area contributed by atoms with Crippen molar-refractivity contribution in [3.8, 4) is 0 Å². The molecule has 1 N–H and O–H groups in total. The Morgan fingerprint density at radius 3 is 0.808 bits per heavy atom. The van der Waals surface area contributed by atoms with Crippen LogP contribution >= 0.6 is 0 Å². The van der Waals surface area contributed by atoms with Gasteiger partial charge in [0.15, 0.2) is 0 Å². The van der Waals surface area contributed by atoms with Crippen LogP contribution < -0.4 is 0 Å². The molecule has 0 atom stereocenters. The van der Waals surface area contributed by atoms with Gasteiger partial charge in [0.1, 0.15) is 5.60 Å². The molecule has 0 saturated carbocycles. The fourth-order valence-corrected chi connectivity index (χ4v) is 4.05. The molecule has 0 aromatic heterocycles. The molecule has 0 amide bonds. The molecule has 1 nitrogen and oxygen atoms in total. The molecule has 134 valence electrons. The van der Waals surface area contributed by atoms with Gasteiger partial charge in [-0.15, -0.1) is 0 Å². The van der Waals surface area contributed by atoms with Crippen molar-refractivity contribution in [1.82, 2.24) is 0 Å². The summed E-state index contributed by atoms with van der Waals surface area (Å²) >= 11 is 0. The maximum atomic E-state index is 12.2. The highest BCUT2D eigenvalue weighted by Crippen LogP contribution is 2.39. The van der Waals surface area contributed by atoms with Crippen LogP contribution in [0.25, 0.3) is 0 Å². The van der Waals surface area contributed by atoms with E-state index in [0.717, 1.165) is 50.1 Å². The van der Waals surface area contributed by atoms with Crippen LogP contribution in [-0.2, 0) is 5.60 Å². The van der Waals surface area contributed by atoms with Crippen LogP contribution in [0.2, 0.25) is 0 Å². The first kappa shape index (κ1) is 18.4. The first-order valence-corrected chi connectivity index (χ1v) is 9.17. The summed E-state index contributed by atoms with van der Waals surface area (Å²) in [4.78, 5) is 0. The number of hydrogen-bond donors (Lipinski definition) is 1. The molecule has 3 aromatic rings. The first-order chi connectivity index (χ1) is 12.2. The van der Waals surface area contributed by atoms with E-state index in [-0.39, 0.29) is 0 Å². The van der Waals surface area contributed by atoms with Gasteiger partial charge >= 0.3 is 0 Å². The normalized spacial score (nSPS) is 11.7. The van der Waals surface area contributed by atoms with Gasteiger partial charge < -0.3 is 5.11 Å². The first-order valence-electron chi connectivity index (χ1n) is 9.17. The van der Waals surface area contributed by atoms with Gasteiger partial charge in [-0.3, -0.25) is 0 Å². The summed E-state index contributed by atoms with van der Waals surface area (Å²) in [6, 6.07) is 19.0. The van der Waals surface area contributed by atoms with Crippen LogP contribution in [0.3, 0.4) is 0 Å². The fourth-order valence-electron chi connectivity index (χ4n) is 4.05. The van der Waals surface area contributed by atoms with Crippen LogP contribution in [0, 0.1) is 41.5 Å². The Morgan fingerprint density at radius 2 is 0.615 bits per heavy atom. The predicted molar refractivity (Wildman–Crippen MR) is 110 cm³/mol. The van der Waals surface area contributed by atoms with Crippen molar-refractivity contribution in [2.45, 2.75) is 47.1 Å². The lowest BCUT2D eigenvalue weighted by Gasteiger charge is -2.32. The van der Waals surface area contributed by atoms with E-state index < -0.39 is 5.60 Å². The Morgan fingerprint density at radius 1 is 0.423 bits per heavy atom. The molecular weight excluding hydrogens is 316 g/mol. The minimum Gasteiger partial charge on any atom is -0.376 e. The maximum Gasteiger partial charge on any atom is 0.140 e. The fraction of sp³-hybridized carbons (Fsp3) is 0.280. The number of aliphatic hydroxyl groups is 1. The summed E-state index contributed by atoms with van der Waals surface area (Å²) in [6.07, 6.45) is 0. The lowest BCUT2D eigenvalue weighted by molar-refractivity contribution is 0.125. The summed E-state index contributed by atoms with van der Waals surface area (Å²) in [7, 11) is 0. The maximum absolute atomic E-state index is 12.2. The molecule has 0 heterocycles. The molecule has 0 unspecified atom stereocenters. The molecule has 3 aromatic carbocycles. The van der Waals surface area contributed by atoms with E-state index in [1.165, 1.54) is 0 Å². The van der Waals surface area contributed by atoms with Crippen molar-refractivity contribution in [3.05, 3.63) is 105 Å². The van der Waals surface area contributed by atoms with Gasteiger partial charge in [-0.05, 0) is 58.2 Å². The van der Waals surface area contributed by atoms with Crippen molar-refractivity contribution >= 4 is 0 Å². The molecule has 0 saturated heterocycles. The van der Waals surface area contributed by atoms with Crippen molar-refractivity contribution in [3.63, 3.8) is 0 Å². The van der Waals surface area contributed by atoms with Crippen LogP contribution in [0.15, 0.2) is 54.6 Å². The number of benzene rings is 3. The number of rotatable bonds is 3. The zero-order chi connectivity index (χ0) is 19.1.